The van der Waals surface area contributed by atoms with E-state index in [4.69, 9.17) is 4.74 Å². The minimum atomic E-state index is -0.291. The maximum Gasteiger partial charge on any atom is 0.359 e. The van der Waals surface area contributed by atoms with Gasteiger partial charge in [0.2, 0.25) is 0 Å². The van der Waals surface area contributed by atoms with Gasteiger partial charge in [-0.05, 0) is 33.1 Å². The molecule has 0 atom stereocenters. The highest BCUT2D eigenvalue weighted by atomic mass is 16.5. The average molecular weight is 222 g/mol. The van der Waals surface area contributed by atoms with Gasteiger partial charge < -0.3 is 4.74 Å². The quantitative estimate of drug-likeness (QED) is 0.720. The van der Waals surface area contributed by atoms with Crippen LogP contribution in [0.15, 0.2) is 0 Å². The molecule has 0 amide bonds. The fourth-order valence-corrected chi connectivity index (χ4v) is 2.21. The lowest BCUT2D eigenvalue weighted by Gasteiger charge is -2.00. The van der Waals surface area contributed by atoms with E-state index in [-0.39, 0.29) is 5.97 Å². The average Bonchev–Trinajstić information content (AvgIpc) is 2.47. The predicted molar refractivity (Wildman–Crippen MR) is 60.5 cm³/mol. The van der Waals surface area contributed by atoms with Crippen LogP contribution in [0.5, 0.6) is 0 Å². The van der Waals surface area contributed by atoms with E-state index in [0.29, 0.717) is 12.3 Å². The van der Waals surface area contributed by atoms with E-state index in [1.165, 1.54) is 18.5 Å². The number of esters is 1. The second-order valence-corrected chi connectivity index (χ2v) is 4.17. The molecule has 1 aliphatic heterocycles. The summed E-state index contributed by atoms with van der Waals surface area (Å²) in [6.45, 7) is 5.11. The van der Waals surface area contributed by atoms with Crippen molar-refractivity contribution in [3.05, 3.63) is 17.0 Å². The van der Waals surface area contributed by atoms with Gasteiger partial charge in [-0.1, -0.05) is 6.42 Å². The summed E-state index contributed by atoms with van der Waals surface area (Å²) in [6.07, 6.45) is 4.61. The number of rotatable bonds is 2. The number of carbonyl (C=O) groups is 1. The molecule has 88 valence electrons. The number of carbonyl (C=O) groups excluding carboxylic acids is 1. The van der Waals surface area contributed by atoms with Crippen LogP contribution in [-0.4, -0.2) is 22.4 Å². The third-order valence-corrected chi connectivity index (χ3v) is 3.07. The lowest BCUT2D eigenvalue weighted by Crippen LogP contribution is -2.08. The molecule has 0 unspecified atom stereocenters. The van der Waals surface area contributed by atoms with Crippen molar-refractivity contribution in [1.29, 1.82) is 0 Å². The maximum absolute atomic E-state index is 11.7. The highest BCUT2D eigenvalue weighted by Crippen LogP contribution is 2.20. The zero-order chi connectivity index (χ0) is 11.5. The van der Waals surface area contributed by atoms with Crippen molar-refractivity contribution in [2.24, 2.45) is 0 Å². The number of aryl methyl sites for hydroxylation is 1. The second kappa shape index (κ2) is 4.68. The Bertz CT molecular complexity index is 396. The van der Waals surface area contributed by atoms with Gasteiger partial charge in [-0.3, -0.25) is 4.68 Å². The smallest absolute Gasteiger partial charge is 0.359 e. The Morgan fingerprint density at radius 3 is 3.00 bits per heavy atom. The molecule has 0 spiro atoms. The number of aromatic nitrogens is 2. The Balaban J connectivity index is 2.31. The van der Waals surface area contributed by atoms with E-state index in [1.807, 2.05) is 18.5 Å². The molecular formula is C12H18N2O2. The summed E-state index contributed by atoms with van der Waals surface area (Å²) in [7, 11) is 0. The van der Waals surface area contributed by atoms with Gasteiger partial charge in [0.1, 0.15) is 0 Å². The van der Waals surface area contributed by atoms with E-state index in [0.717, 1.165) is 24.9 Å². The fraction of sp³-hybridized carbons (Fsp3) is 0.667. The normalized spacial score (nSPS) is 15.4. The lowest BCUT2D eigenvalue weighted by atomic mass is 10.1. The van der Waals surface area contributed by atoms with Crippen molar-refractivity contribution < 1.29 is 9.53 Å². The number of fused-ring (bicyclic) bond motifs is 1. The molecule has 0 N–H and O–H groups in total. The molecule has 1 aromatic heterocycles. The molecule has 1 aliphatic rings. The Morgan fingerprint density at radius 2 is 2.25 bits per heavy atom. The molecule has 2 rings (SSSR count). The molecule has 0 saturated carbocycles. The van der Waals surface area contributed by atoms with E-state index < -0.39 is 0 Å². The summed E-state index contributed by atoms with van der Waals surface area (Å²) < 4.78 is 6.98. The largest absolute Gasteiger partial charge is 0.461 e. The van der Waals surface area contributed by atoms with Gasteiger partial charge in [0.15, 0.2) is 5.69 Å². The molecule has 0 aromatic carbocycles. The van der Waals surface area contributed by atoms with E-state index in [1.54, 1.807) is 0 Å². The zero-order valence-corrected chi connectivity index (χ0v) is 9.95. The van der Waals surface area contributed by atoms with Gasteiger partial charge in [0.05, 0.1) is 6.61 Å². The topological polar surface area (TPSA) is 44.1 Å². The van der Waals surface area contributed by atoms with E-state index in [2.05, 4.69) is 5.10 Å². The van der Waals surface area contributed by atoms with Crippen LogP contribution in [0.3, 0.4) is 0 Å². The monoisotopic (exact) mass is 222 g/mol. The molecule has 2 heterocycles. The Kier molecular flexibility index (Phi) is 3.27. The zero-order valence-electron chi connectivity index (χ0n) is 9.95. The second-order valence-electron chi connectivity index (χ2n) is 4.17. The summed E-state index contributed by atoms with van der Waals surface area (Å²) in [4.78, 5) is 11.7. The van der Waals surface area contributed by atoms with E-state index in [9.17, 15) is 4.79 Å². The van der Waals surface area contributed by atoms with Gasteiger partial charge in [0, 0.05) is 17.8 Å². The molecule has 4 nitrogen and oxygen atoms in total. The van der Waals surface area contributed by atoms with Crippen LogP contribution >= 0.6 is 0 Å². The maximum atomic E-state index is 11.7. The van der Waals surface area contributed by atoms with Crippen molar-refractivity contribution >= 4 is 5.97 Å². The minimum Gasteiger partial charge on any atom is -0.461 e. The third-order valence-electron chi connectivity index (χ3n) is 3.07. The molecule has 0 radical (unpaired) electrons. The molecule has 0 bridgehead atoms. The Morgan fingerprint density at radius 1 is 1.44 bits per heavy atom. The van der Waals surface area contributed by atoms with E-state index >= 15 is 0 Å². The predicted octanol–water partition coefficient (Wildman–Crippen LogP) is 2.09. The highest BCUT2D eigenvalue weighted by Gasteiger charge is 2.21. The Labute approximate surface area is 95.6 Å². The van der Waals surface area contributed by atoms with Gasteiger partial charge in [0.25, 0.3) is 0 Å². The molecule has 0 aliphatic carbocycles. The van der Waals surface area contributed by atoms with Crippen LogP contribution in [0, 0.1) is 6.92 Å². The molecular weight excluding hydrogens is 204 g/mol. The standard InChI is InChI=1S/C12H18N2O2/c1-3-16-12(15)11-9(2)10-7-5-4-6-8-14(10)13-11/h3-8H2,1-2H3. The first kappa shape index (κ1) is 11.2. The van der Waals surface area contributed by atoms with Crippen molar-refractivity contribution in [2.75, 3.05) is 6.61 Å². The summed E-state index contributed by atoms with van der Waals surface area (Å²) in [5.41, 5.74) is 2.71. The molecule has 16 heavy (non-hydrogen) atoms. The summed E-state index contributed by atoms with van der Waals surface area (Å²) in [6, 6.07) is 0. The van der Waals surface area contributed by atoms with Crippen molar-refractivity contribution in [3.8, 4) is 0 Å². The summed E-state index contributed by atoms with van der Waals surface area (Å²) in [5, 5.41) is 4.37. The molecule has 1 aromatic rings. The summed E-state index contributed by atoms with van der Waals surface area (Å²) >= 11 is 0. The molecule has 0 fully saturated rings. The van der Waals surface area contributed by atoms with Crippen LogP contribution < -0.4 is 0 Å². The first-order chi connectivity index (χ1) is 7.74. The fourth-order valence-electron chi connectivity index (χ4n) is 2.21. The van der Waals surface area contributed by atoms with Crippen LogP contribution in [-0.2, 0) is 17.7 Å². The van der Waals surface area contributed by atoms with Crippen LogP contribution in [0.1, 0.15) is 47.9 Å². The van der Waals surface area contributed by atoms with Gasteiger partial charge in [-0.25, -0.2) is 4.79 Å². The molecule has 4 heteroatoms. The summed E-state index contributed by atoms with van der Waals surface area (Å²) in [5.74, 6) is -0.291. The van der Waals surface area contributed by atoms with Crippen molar-refractivity contribution in [2.45, 2.75) is 46.1 Å². The van der Waals surface area contributed by atoms with Gasteiger partial charge >= 0.3 is 5.97 Å². The van der Waals surface area contributed by atoms with Crippen molar-refractivity contribution in [3.63, 3.8) is 0 Å². The van der Waals surface area contributed by atoms with Crippen LogP contribution in [0.25, 0.3) is 0 Å². The van der Waals surface area contributed by atoms with Crippen molar-refractivity contribution in [1.82, 2.24) is 9.78 Å². The van der Waals surface area contributed by atoms with Crippen LogP contribution in [0.4, 0.5) is 0 Å². The minimum absolute atomic E-state index is 0.291. The first-order valence-corrected chi connectivity index (χ1v) is 5.97. The highest BCUT2D eigenvalue weighted by molar-refractivity contribution is 5.89. The van der Waals surface area contributed by atoms with Crippen LogP contribution in [0.2, 0.25) is 0 Å². The molecule has 0 saturated heterocycles. The van der Waals surface area contributed by atoms with Gasteiger partial charge in [-0.2, -0.15) is 5.10 Å². The Hall–Kier alpha value is -1.32. The third kappa shape index (κ3) is 1.96. The number of nitrogens with zero attached hydrogens (tertiary/aromatic N) is 2. The van der Waals surface area contributed by atoms with Gasteiger partial charge in [-0.15, -0.1) is 0 Å². The SMILES string of the molecule is CCOC(=O)c1nn2c(c1C)CCCCC2. The number of hydrogen-bond acceptors (Lipinski definition) is 3. The number of hydrogen-bond donors (Lipinski definition) is 0. The number of ether oxygens (including phenoxy) is 1. The first-order valence-electron chi connectivity index (χ1n) is 5.97. The lowest BCUT2D eigenvalue weighted by molar-refractivity contribution is 0.0517.